The second-order valence-electron chi connectivity index (χ2n) is 3.81. The summed E-state index contributed by atoms with van der Waals surface area (Å²) >= 11 is 0. The minimum atomic E-state index is -1.14. The first-order chi connectivity index (χ1) is 7.18. The zero-order valence-electron chi connectivity index (χ0n) is 8.23. The van der Waals surface area contributed by atoms with Crippen molar-refractivity contribution in [2.24, 2.45) is 5.92 Å². The van der Waals surface area contributed by atoms with Gasteiger partial charge in [0.2, 0.25) is 11.5 Å². The Hall–Kier alpha value is -1.58. The number of carbonyl (C=O) groups excluding carboxylic acids is 1. The van der Waals surface area contributed by atoms with Crippen LogP contribution in [0.1, 0.15) is 46.8 Å². The van der Waals surface area contributed by atoms with Crippen molar-refractivity contribution in [1.82, 2.24) is 0 Å². The molecule has 0 atom stereocenters. The summed E-state index contributed by atoms with van der Waals surface area (Å²) in [6.07, 6.45) is 3.93. The Bertz CT molecular complexity index is 385. The van der Waals surface area contributed by atoms with Gasteiger partial charge in [-0.3, -0.25) is 4.79 Å². The topological polar surface area (TPSA) is 67.5 Å². The predicted octanol–water partition coefficient (Wildman–Crippen LogP) is 2.35. The molecule has 4 heteroatoms. The van der Waals surface area contributed by atoms with E-state index in [-0.39, 0.29) is 23.2 Å². The van der Waals surface area contributed by atoms with E-state index >= 15 is 0 Å². The van der Waals surface area contributed by atoms with Gasteiger partial charge in [0.15, 0.2) is 5.76 Å². The Balaban J connectivity index is 2.14. The third kappa shape index (κ3) is 1.93. The number of aromatic carboxylic acids is 1. The molecule has 0 saturated heterocycles. The van der Waals surface area contributed by atoms with Crippen molar-refractivity contribution >= 4 is 11.8 Å². The molecule has 0 bridgehead atoms. The van der Waals surface area contributed by atoms with Crippen LogP contribution >= 0.6 is 0 Å². The lowest BCUT2D eigenvalue weighted by molar-refractivity contribution is 0.0659. The van der Waals surface area contributed by atoms with E-state index in [1.807, 2.05) is 0 Å². The third-order valence-electron chi connectivity index (χ3n) is 2.79. The van der Waals surface area contributed by atoms with E-state index in [1.54, 1.807) is 0 Å². The summed E-state index contributed by atoms with van der Waals surface area (Å²) in [5, 5.41) is 8.64. The first-order valence-electron chi connectivity index (χ1n) is 5.06. The molecule has 1 aromatic rings. The van der Waals surface area contributed by atoms with Crippen molar-refractivity contribution < 1.29 is 19.1 Å². The van der Waals surface area contributed by atoms with Crippen LogP contribution in [0.4, 0.5) is 0 Å². The van der Waals surface area contributed by atoms with Gasteiger partial charge in [-0.25, -0.2) is 4.79 Å². The van der Waals surface area contributed by atoms with Crippen LogP contribution in [0.25, 0.3) is 0 Å². The molecule has 15 heavy (non-hydrogen) atoms. The van der Waals surface area contributed by atoms with Gasteiger partial charge in [-0.1, -0.05) is 12.8 Å². The minimum Gasteiger partial charge on any atom is -0.475 e. The summed E-state index contributed by atoms with van der Waals surface area (Å²) < 4.78 is 4.97. The summed E-state index contributed by atoms with van der Waals surface area (Å²) in [4.78, 5) is 22.3. The zero-order valence-corrected chi connectivity index (χ0v) is 8.23. The first kappa shape index (κ1) is 9.96. The van der Waals surface area contributed by atoms with Crippen molar-refractivity contribution in [3.05, 3.63) is 23.7 Å². The highest BCUT2D eigenvalue weighted by Crippen LogP contribution is 2.28. The van der Waals surface area contributed by atoms with Crippen molar-refractivity contribution in [2.45, 2.75) is 25.7 Å². The molecular weight excluding hydrogens is 196 g/mol. The fraction of sp³-hybridized carbons (Fsp3) is 0.455. The second kappa shape index (κ2) is 3.88. The zero-order chi connectivity index (χ0) is 10.8. The number of hydrogen-bond acceptors (Lipinski definition) is 3. The number of Topliss-reactive ketones (excluding diaryl/α,β-unsaturated/α-hetero) is 1. The van der Waals surface area contributed by atoms with Gasteiger partial charge in [-0.05, 0) is 25.0 Å². The summed E-state index contributed by atoms with van der Waals surface area (Å²) in [5.74, 6) is -1.16. The SMILES string of the molecule is O=C(O)c1ccc(C(=O)C2CCCC2)o1. The summed E-state index contributed by atoms with van der Waals surface area (Å²) in [7, 11) is 0. The Labute approximate surface area is 86.9 Å². The van der Waals surface area contributed by atoms with Crippen molar-refractivity contribution in [3.63, 3.8) is 0 Å². The fourth-order valence-electron chi connectivity index (χ4n) is 1.97. The van der Waals surface area contributed by atoms with Gasteiger partial charge in [0.25, 0.3) is 0 Å². The van der Waals surface area contributed by atoms with E-state index in [0.29, 0.717) is 0 Å². The Morgan fingerprint density at radius 3 is 2.33 bits per heavy atom. The molecule has 0 aliphatic heterocycles. The monoisotopic (exact) mass is 208 g/mol. The van der Waals surface area contributed by atoms with E-state index in [1.165, 1.54) is 12.1 Å². The standard InChI is InChI=1S/C11H12O4/c12-10(7-3-1-2-4-7)8-5-6-9(15-8)11(13)14/h5-7H,1-4H2,(H,13,14). The Morgan fingerprint density at radius 2 is 1.80 bits per heavy atom. The van der Waals surface area contributed by atoms with Gasteiger partial charge >= 0.3 is 5.97 Å². The number of ketones is 1. The van der Waals surface area contributed by atoms with Crippen LogP contribution in [0, 0.1) is 5.92 Å². The molecule has 1 heterocycles. The maximum Gasteiger partial charge on any atom is 0.371 e. The molecule has 1 aromatic heterocycles. The number of carboxylic acid groups (broad SMARTS) is 1. The molecule has 1 aliphatic carbocycles. The summed E-state index contributed by atoms with van der Waals surface area (Å²) in [6.45, 7) is 0. The van der Waals surface area contributed by atoms with E-state index in [0.717, 1.165) is 25.7 Å². The lowest BCUT2D eigenvalue weighted by Crippen LogP contribution is -2.09. The predicted molar refractivity (Wildman–Crippen MR) is 52.0 cm³/mol. The van der Waals surface area contributed by atoms with Gasteiger partial charge in [0.05, 0.1) is 0 Å². The maximum atomic E-state index is 11.8. The molecule has 0 unspecified atom stereocenters. The molecule has 1 aliphatic rings. The molecule has 0 radical (unpaired) electrons. The first-order valence-corrected chi connectivity index (χ1v) is 5.06. The van der Waals surface area contributed by atoms with Gasteiger partial charge in [0.1, 0.15) is 0 Å². The lowest BCUT2D eigenvalue weighted by Gasteiger charge is -2.03. The number of rotatable bonds is 3. The molecule has 0 amide bonds. The van der Waals surface area contributed by atoms with Crippen LogP contribution in [0.3, 0.4) is 0 Å². The highest BCUT2D eigenvalue weighted by molar-refractivity contribution is 5.96. The number of hydrogen-bond donors (Lipinski definition) is 1. The highest BCUT2D eigenvalue weighted by Gasteiger charge is 2.26. The molecule has 0 aromatic carbocycles. The van der Waals surface area contributed by atoms with Crippen LogP contribution in [0.5, 0.6) is 0 Å². The van der Waals surface area contributed by atoms with Crippen molar-refractivity contribution in [1.29, 1.82) is 0 Å². The second-order valence-corrected chi connectivity index (χ2v) is 3.81. The highest BCUT2D eigenvalue weighted by atomic mass is 16.4. The molecule has 0 spiro atoms. The minimum absolute atomic E-state index is 0.0257. The third-order valence-corrected chi connectivity index (χ3v) is 2.79. The molecule has 1 fully saturated rings. The van der Waals surface area contributed by atoms with Gasteiger partial charge < -0.3 is 9.52 Å². The van der Waals surface area contributed by atoms with E-state index in [9.17, 15) is 9.59 Å². The van der Waals surface area contributed by atoms with Crippen molar-refractivity contribution in [3.8, 4) is 0 Å². The van der Waals surface area contributed by atoms with E-state index < -0.39 is 5.97 Å². The van der Waals surface area contributed by atoms with E-state index in [4.69, 9.17) is 9.52 Å². The van der Waals surface area contributed by atoms with E-state index in [2.05, 4.69) is 0 Å². The molecule has 1 saturated carbocycles. The van der Waals surface area contributed by atoms with Crippen LogP contribution in [-0.2, 0) is 0 Å². The molecule has 4 nitrogen and oxygen atoms in total. The normalized spacial score (nSPS) is 16.8. The summed E-state index contributed by atoms with van der Waals surface area (Å²) in [6, 6.07) is 2.77. The Morgan fingerprint density at radius 1 is 1.20 bits per heavy atom. The van der Waals surface area contributed by atoms with Crippen LogP contribution in [0.2, 0.25) is 0 Å². The average Bonchev–Trinajstić information content (AvgIpc) is 2.88. The van der Waals surface area contributed by atoms with Gasteiger partial charge in [-0.15, -0.1) is 0 Å². The average molecular weight is 208 g/mol. The number of carbonyl (C=O) groups is 2. The van der Waals surface area contributed by atoms with Gasteiger partial charge in [-0.2, -0.15) is 0 Å². The summed E-state index contributed by atoms with van der Waals surface area (Å²) in [5.41, 5.74) is 0. The number of furan rings is 1. The van der Waals surface area contributed by atoms with Crippen molar-refractivity contribution in [2.75, 3.05) is 0 Å². The maximum absolute atomic E-state index is 11.8. The molecule has 2 rings (SSSR count). The largest absolute Gasteiger partial charge is 0.475 e. The van der Waals surface area contributed by atoms with Crippen LogP contribution in [-0.4, -0.2) is 16.9 Å². The smallest absolute Gasteiger partial charge is 0.371 e. The quantitative estimate of drug-likeness (QED) is 0.774. The molecular formula is C11H12O4. The van der Waals surface area contributed by atoms with Crippen LogP contribution < -0.4 is 0 Å². The van der Waals surface area contributed by atoms with Gasteiger partial charge in [0, 0.05) is 5.92 Å². The number of carboxylic acids is 1. The Kier molecular flexibility index (Phi) is 2.58. The fourth-order valence-corrected chi connectivity index (χ4v) is 1.97. The molecule has 1 N–H and O–H groups in total. The van der Waals surface area contributed by atoms with Crippen LogP contribution in [0.15, 0.2) is 16.5 Å². The molecule has 80 valence electrons. The lowest BCUT2D eigenvalue weighted by atomic mass is 10.0.